The highest BCUT2D eigenvalue weighted by Gasteiger charge is 2.24. The van der Waals surface area contributed by atoms with Crippen molar-refractivity contribution in [2.45, 2.75) is 19.9 Å². The SMILES string of the molecule is CCC(C(=O)N(C)Cc1cc(Br)cs1)C(N)=NO. The van der Waals surface area contributed by atoms with E-state index in [4.69, 9.17) is 10.9 Å². The largest absolute Gasteiger partial charge is 0.409 e. The van der Waals surface area contributed by atoms with Gasteiger partial charge in [-0.2, -0.15) is 0 Å². The normalized spacial score (nSPS) is 13.4. The van der Waals surface area contributed by atoms with Crippen molar-refractivity contribution in [1.29, 1.82) is 0 Å². The molecule has 0 saturated carbocycles. The van der Waals surface area contributed by atoms with E-state index in [0.717, 1.165) is 9.35 Å². The van der Waals surface area contributed by atoms with Crippen molar-refractivity contribution in [3.63, 3.8) is 0 Å². The maximum Gasteiger partial charge on any atom is 0.233 e. The smallest absolute Gasteiger partial charge is 0.233 e. The number of amides is 1. The number of rotatable bonds is 5. The van der Waals surface area contributed by atoms with E-state index in [1.165, 1.54) is 0 Å². The summed E-state index contributed by atoms with van der Waals surface area (Å²) in [6.45, 7) is 2.35. The minimum absolute atomic E-state index is 0.0401. The fourth-order valence-corrected chi connectivity index (χ4v) is 3.10. The molecule has 1 aromatic heterocycles. The van der Waals surface area contributed by atoms with Crippen LogP contribution in [0.4, 0.5) is 0 Å². The van der Waals surface area contributed by atoms with Crippen molar-refractivity contribution in [1.82, 2.24) is 4.90 Å². The number of oxime groups is 1. The second-order valence-corrected chi connectivity index (χ2v) is 5.82. The fraction of sp³-hybridized carbons (Fsp3) is 0.455. The van der Waals surface area contributed by atoms with Crippen molar-refractivity contribution in [2.24, 2.45) is 16.8 Å². The third-order valence-corrected chi connectivity index (χ3v) is 4.25. The van der Waals surface area contributed by atoms with Crippen molar-refractivity contribution in [3.05, 3.63) is 20.8 Å². The Morgan fingerprint density at radius 3 is 2.83 bits per heavy atom. The number of nitrogens with zero attached hydrogens (tertiary/aromatic N) is 2. The molecule has 7 heteroatoms. The number of nitrogens with two attached hydrogens (primary N) is 1. The van der Waals surface area contributed by atoms with Gasteiger partial charge in [-0.15, -0.1) is 11.3 Å². The van der Waals surface area contributed by atoms with Crippen LogP contribution >= 0.6 is 27.3 Å². The Balaban J connectivity index is 2.71. The highest BCUT2D eigenvalue weighted by atomic mass is 79.9. The highest BCUT2D eigenvalue weighted by Crippen LogP contribution is 2.21. The molecule has 1 aromatic rings. The molecule has 1 atom stereocenters. The van der Waals surface area contributed by atoms with Gasteiger partial charge in [0.25, 0.3) is 0 Å². The van der Waals surface area contributed by atoms with Gasteiger partial charge in [0.05, 0.1) is 12.5 Å². The van der Waals surface area contributed by atoms with Gasteiger partial charge >= 0.3 is 0 Å². The summed E-state index contributed by atoms with van der Waals surface area (Å²) < 4.78 is 1.01. The van der Waals surface area contributed by atoms with Crippen LogP contribution < -0.4 is 5.73 Å². The monoisotopic (exact) mass is 333 g/mol. The number of carbonyl (C=O) groups is 1. The maximum absolute atomic E-state index is 12.1. The van der Waals surface area contributed by atoms with Gasteiger partial charge in [-0.05, 0) is 28.4 Å². The second-order valence-electron chi connectivity index (χ2n) is 3.91. The lowest BCUT2D eigenvalue weighted by molar-refractivity contribution is -0.132. The molecule has 0 spiro atoms. The molecule has 0 aromatic carbocycles. The lowest BCUT2D eigenvalue weighted by Gasteiger charge is -2.21. The van der Waals surface area contributed by atoms with E-state index >= 15 is 0 Å². The Kier molecular flexibility index (Phi) is 5.61. The first-order valence-electron chi connectivity index (χ1n) is 5.44. The number of carbonyl (C=O) groups excluding carboxylic acids is 1. The molecule has 3 N–H and O–H groups in total. The molecule has 0 aliphatic carbocycles. The standard InChI is InChI=1S/C11H16BrN3O2S/c1-3-9(10(13)14-17)11(16)15(2)5-8-4-7(12)6-18-8/h4,6,9,17H,3,5H2,1-2H3,(H2,13,14). The van der Waals surface area contributed by atoms with Gasteiger partial charge in [-0.1, -0.05) is 12.1 Å². The van der Waals surface area contributed by atoms with Crippen molar-refractivity contribution in [2.75, 3.05) is 7.05 Å². The van der Waals surface area contributed by atoms with Gasteiger partial charge in [0.2, 0.25) is 5.91 Å². The lowest BCUT2D eigenvalue weighted by atomic mass is 10.0. The summed E-state index contributed by atoms with van der Waals surface area (Å²) in [6, 6.07) is 1.97. The summed E-state index contributed by atoms with van der Waals surface area (Å²) in [6.07, 6.45) is 0.507. The molecule has 0 aliphatic rings. The van der Waals surface area contributed by atoms with E-state index in [1.54, 1.807) is 23.3 Å². The van der Waals surface area contributed by atoms with E-state index in [1.807, 2.05) is 18.4 Å². The third kappa shape index (κ3) is 3.71. The topological polar surface area (TPSA) is 78.9 Å². The van der Waals surface area contributed by atoms with Gasteiger partial charge in [-0.3, -0.25) is 4.79 Å². The predicted octanol–water partition coefficient (Wildman–Crippen LogP) is 2.24. The van der Waals surface area contributed by atoms with E-state index in [0.29, 0.717) is 13.0 Å². The zero-order chi connectivity index (χ0) is 13.7. The van der Waals surface area contributed by atoms with E-state index in [9.17, 15) is 4.79 Å². The molecular weight excluding hydrogens is 318 g/mol. The maximum atomic E-state index is 12.1. The van der Waals surface area contributed by atoms with Crippen LogP contribution in [0.5, 0.6) is 0 Å². The zero-order valence-corrected chi connectivity index (χ0v) is 12.7. The predicted molar refractivity (Wildman–Crippen MR) is 75.7 cm³/mol. The molecule has 1 rings (SSSR count). The molecule has 0 fully saturated rings. The summed E-state index contributed by atoms with van der Waals surface area (Å²) in [5.74, 6) is -0.748. The Morgan fingerprint density at radius 1 is 1.72 bits per heavy atom. The fourth-order valence-electron chi connectivity index (χ4n) is 1.59. The van der Waals surface area contributed by atoms with Gasteiger partial charge in [0, 0.05) is 21.8 Å². The average molecular weight is 334 g/mol. The molecule has 100 valence electrons. The number of amidine groups is 1. The van der Waals surface area contributed by atoms with E-state index in [2.05, 4.69) is 21.1 Å². The molecule has 0 saturated heterocycles. The molecule has 1 amide bonds. The molecule has 0 bridgehead atoms. The minimum Gasteiger partial charge on any atom is -0.409 e. The first-order chi connectivity index (χ1) is 8.49. The number of hydrogen-bond acceptors (Lipinski definition) is 4. The Hall–Kier alpha value is -1.08. The first kappa shape index (κ1) is 15.0. The summed E-state index contributed by atoms with van der Waals surface area (Å²) >= 11 is 4.95. The van der Waals surface area contributed by atoms with Gasteiger partial charge in [0.1, 0.15) is 0 Å². The van der Waals surface area contributed by atoms with Crippen molar-refractivity contribution >= 4 is 39.0 Å². The van der Waals surface area contributed by atoms with Gasteiger partial charge in [0.15, 0.2) is 5.84 Å². The van der Waals surface area contributed by atoms with Crippen molar-refractivity contribution < 1.29 is 10.0 Å². The molecule has 5 nitrogen and oxygen atoms in total. The average Bonchev–Trinajstić information content (AvgIpc) is 2.75. The van der Waals surface area contributed by atoms with Crippen LogP contribution in [0.2, 0.25) is 0 Å². The number of hydrogen-bond donors (Lipinski definition) is 2. The van der Waals surface area contributed by atoms with Crippen LogP contribution in [0.1, 0.15) is 18.2 Å². The minimum atomic E-state index is -0.566. The van der Waals surface area contributed by atoms with Gasteiger partial charge in [-0.25, -0.2) is 0 Å². The van der Waals surface area contributed by atoms with E-state index in [-0.39, 0.29) is 11.7 Å². The molecule has 18 heavy (non-hydrogen) atoms. The third-order valence-electron chi connectivity index (χ3n) is 2.57. The summed E-state index contributed by atoms with van der Waals surface area (Å²) in [5.41, 5.74) is 5.51. The van der Waals surface area contributed by atoms with Crippen LogP contribution in [-0.4, -0.2) is 28.9 Å². The molecule has 1 unspecified atom stereocenters. The van der Waals surface area contributed by atoms with Crippen LogP contribution in [0.15, 0.2) is 21.1 Å². The Morgan fingerprint density at radius 2 is 2.39 bits per heavy atom. The van der Waals surface area contributed by atoms with E-state index < -0.39 is 5.92 Å². The molecule has 0 radical (unpaired) electrons. The summed E-state index contributed by atoms with van der Waals surface area (Å²) in [4.78, 5) is 14.8. The van der Waals surface area contributed by atoms with Crippen LogP contribution in [0.3, 0.4) is 0 Å². The first-order valence-corrected chi connectivity index (χ1v) is 7.12. The summed E-state index contributed by atoms with van der Waals surface area (Å²) in [7, 11) is 1.71. The summed E-state index contributed by atoms with van der Waals surface area (Å²) in [5, 5.41) is 13.5. The quantitative estimate of drug-likeness (QED) is 0.375. The Labute approximate surface area is 118 Å². The molecule has 1 heterocycles. The highest BCUT2D eigenvalue weighted by molar-refractivity contribution is 9.10. The van der Waals surface area contributed by atoms with Crippen LogP contribution in [0.25, 0.3) is 0 Å². The van der Waals surface area contributed by atoms with Gasteiger partial charge < -0.3 is 15.8 Å². The Bertz CT molecular complexity index is 447. The molecular formula is C11H16BrN3O2S. The number of thiophene rings is 1. The van der Waals surface area contributed by atoms with Crippen LogP contribution in [0, 0.1) is 5.92 Å². The number of halogens is 1. The molecule has 0 aliphatic heterocycles. The second kappa shape index (κ2) is 6.75. The zero-order valence-electron chi connectivity index (χ0n) is 10.3. The lowest BCUT2D eigenvalue weighted by Crippen LogP contribution is -2.39. The van der Waals surface area contributed by atoms with Crippen LogP contribution in [-0.2, 0) is 11.3 Å². The van der Waals surface area contributed by atoms with Crippen molar-refractivity contribution in [3.8, 4) is 0 Å².